The highest BCUT2D eigenvalue weighted by atomic mass is 32.2. The molecule has 1 N–H and O–H groups in total. The van der Waals surface area contributed by atoms with Crippen LogP contribution in [0, 0.1) is 11.3 Å². The van der Waals surface area contributed by atoms with Gasteiger partial charge in [-0.1, -0.05) is 6.92 Å². The fourth-order valence-electron chi connectivity index (χ4n) is 0.878. The maximum atomic E-state index is 8.82. The molecule has 2 nitrogen and oxygen atoms in total. The van der Waals surface area contributed by atoms with Gasteiger partial charge in [-0.25, -0.2) is 0 Å². The van der Waals surface area contributed by atoms with Crippen LogP contribution in [0.3, 0.4) is 0 Å². The van der Waals surface area contributed by atoms with Gasteiger partial charge in [0, 0.05) is 10.1 Å². The second-order valence-corrected chi connectivity index (χ2v) is 4.26. The minimum atomic E-state index is 0.171. The normalized spacial score (nSPS) is 12.1. The molecule has 1 aromatic rings. The van der Waals surface area contributed by atoms with Crippen LogP contribution in [0.5, 0.6) is 0 Å². The van der Waals surface area contributed by atoms with E-state index in [1.807, 2.05) is 19.1 Å². The zero-order valence-corrected chi connectivity index (χ0v) is 8.21. The fourth-order valence-corrected chi connectivity index (χ4v) is 1.71. The molecule has 0 saturated carbocycles. The van der Waals surface area contributed by atoms with Crippen LogP contribution >= 0.6 is 11.8 Å². The van der Waals surface area contributed by atoms with Crippen LogP contribution in [-0.2, 0) is 0 Å². The molecule has 13 heavy (non-hydrogen) atoms. The van der Waals surface area contributed by atoms with Gasteiger partial charge >= 0.3 is 0 Å². The third-order valence-electron chi connectivity index (χ3n) is 1.58. The Hall–Kier alpha value is -0.980. The average Bonchev–Trinajstić information content (AvgIpc) is 2.19. The van der Waals surface area contributed by atoms with E-state index in [4.69, 9.17) is 10.4 Å². The van der Waals surface area contributed by atoms with Crippen LogP contribution in [0.1, 0.15) is 12.5 Å². The lowest BCUT2D eigenvalue weighted by Crippen LogP contribution is -2.01. The number of hydrogen-bond donors (Lipinski definition) is 1. The number of hydrogen-bond acceptors (Lipinski definition) is 3. The maximum absolute atomic E-state index is 8.82. The molecule has 0 radical (unpaired) electrons. The highest BCUT2D eigenvalue weighted by Crippen LogP contribution is 2.22. The first kappa shape index (κ1) is 10.1. The molecule has 0 saturated heterocycles. The molecule has 0 amide bonds. The number of benzene rings is 1. The van der Waals surface area contributed by atoms with Crippen molar-refractivity contribution in [1.29, 1.82) is 5.26 Å². The lowest BCUT2D eigenvalue weighted by molar-refractivity contribution is 0.300. The molecule has 1 aromatic carbocycles. The summed E-state index contributed by atoms with van der Waals surface area (Å²) in [6, 6.07) is 9.43. The van der Waals surface area contributed by atoms with Gasteiger partial charge in [0.05, 0.1) is 18.2 Å². The molecule has 1 unspecified atom stereocenters. The second-order valence-electron chi connectivity index (χ2n) is 2.75. The molecule has 0 aliphatic rings. The number of nitriles is 1. The summed E-state index contributed by atoms with van der Waals surface area (Å²) >= 11 is 1.60. The zero-order chi connectivity index (χ0) is 9.68. The van der Waals surface area contributed by atoms with Crippen molar-refractivity contribution in [3.05, 3.63) is 29.8 Å². The fraction of sp³-hybridized carbons (Fsp3) is 0.300. The summed E-state index contributed by atoms with van der Waals surface area (Å²) in [4.78, 5) is 1.08. The van der Waals surface area contributed by atoms with Gasteiger partial charge in [0.25, 0.3) is 0 Å². The SMILES string of the molecule is CC(CO)Sc1ccc(C#N)cc1. The molecule has 3 heteroatoms. The van der Waals surface area contributed by atoms with E-state index in [1.54, 1.807) is 23.9 Å². The first-order valence-corrected chi connectivity index (χ1v) is 4.92. The van der Waals surface area contributed by atoms with Crippen molar-refractivity contribution >= 4 is 11.8 Å². The van der Waals surface area contributed by atoms with Crippen LogP contribution in [0.25, 0.3) is 0 Å². The smallest absolute Gasteiger partial charge is 0.0991 e. The minimum Gasteiger partial charge on any atom is -0.395 e. The van der Waals surface area contributed by atoms with Crippen molar-refractivity contribution in [2.75, 3.05) is 6.61 Å². The van der Waals surface area contributed by atoms with E-state index in [2.05, 4.69) is 6.07 Å². The Bertz CT molecular complexity index is 302. The van der Waals surface area contributed by atoms with Crippen LogP contribution in [0.4, 0.5) is 0 Å². The van der Waals surface area contributed by atoms with Crippen molar-refractivity contribution in [1.82, 2.24) is 0 Å². The topological polar surface area (TPSA) is 44.0 Å². The third kappa shape index (κ3) is 3.10. The Morgan fingerprint density at radius 3 is 2.54 bits per heavy atom. The third-order valence-corrected chi connectivity index (χ3v) is 2.67. The van der Waals surface area contributed by atoms with E-state index in [0.717, 1.165) is 4.90 Å². The lowest BCUT2D eigenvalue weighted by atomic mass is 10.2. The van der Waals surface area contributed by atoms with Gasteiger partial charge in [-0.2, -0.15) is 5.26 Å². The molecule has 0 heterocycles. The summed E-state index contributed by atoms with van der Waals surface area (Å²) in [6.45, 7) is 2.13. The second kappa shape index (κ2) is 4.90. The van der Waals surface area contributed by atoms with Crippen molar-refractivity contribution < 1.29 is 5.11 Å². The number of aliphatic hydroxyl groups excluding tert-OH is 1. The molecule has 0 aliphatic carbocycles. The molecule has 0 aromatic heterocycles. The highest BCUT2D eigenvalue weighted by molar-refractivity contribution is 8.00. The minimum absolute atomic E-state index is 0.171. The van der Waals surface area contributed by atoms with Crippen molar-refractivity contribution in [2.24, 2.45) is 0 Å². The molecule has 0 aliphatic heterocycles. The number of thioether (sulfide) groups is 1. The first-order valence-electron chi connectivity index (χ1n) is 4.04. The maximum Gasteiger partial charge on any atom is 0.0991 e. The predicted molar refractivity (Wildman–Crippen MR) is 53.6 cm³/mol. The Morgan fingerprint density at radius 1 is 1.46 bits per heavy atom. The highest BCUT2D eigenvalue weighted by Gasteiger charge is 2.01. The Labute approximate surface area is 82.2 Å². The molecule has 68 valence electrons. The van der Waals surface area contributed by atoms with Crippen molar-refractivity contribution in [3.63, 3.8) is 0 Å². The van der Waals surface area contributed by atoms with Crippen molar-refractivity contribution in [3.8, 4) is 6.07 Å². The van der Waals surface area contributed by atoms with E-state index in [1.165, 1.54) is 0 Å². The van der Waals surface area contributed by atoms with Crippen LogP contribution < -0.4 is 0 Å². The molecular weight excluding hydrogens is 182 g/mol. The number of aliphatic hydroxyl groups is 1. The van der Waals surface area contributed by atoms with Gasteiger partial charge in [0.15, 0.2) is 0 Å². The molecule has 0 bridgehead atoms. The van der Waals surface area contributed by atoms with Gasteiger partial charge in [0.1, 0.15) is 0 Å². The summed E-state index contributed by atoms with van der Waals surface area (Å²) in [5.41, 5.74) is 0.668. The monoisotopic (exact) mass is 193 g/mol. The summed E-state index contributed by atoms with van der Waals surface area (Å²) < 4.78 is 0. The molecule has 1 rings (SSSR count). The van der Waals surface area contributed by atoms with Crippen molar-refractivity contribution in [2.45, 2.75) is 17.1 Å². The quantitative estimate of drug-likeness (QED) is 0.747. The molecule has 0 fully saturated rings. The van der Waals surface area contributed by atoms with E-state index < -0.39 is 0 Å². The van der Waals surface area contributed by atoms with E-state index in [0.29, 0.717) is 5.56 Å². The standard InChI is InChI=1S/C10H11NOS/c1-8(7-12)13-10-4-2-9(6-11)3-5-10/h2-5,8,12H,7H2,1H3. The first-order chi connectivity index (χ1) is 6.26. The molecule has 1 atom stereocenters. The van der Waals surface area contributed by atoms with Gasteiger partial charge < -0.3 is 5.11 Å². The summed E-state index contributed by atoms with van der Waals surface area (Å²) in [5, 5.41) is 17.6. The van der Waals surface area contributed by atoms with E-state index in [9.17, 15) is 0 Å². The van der Waals surface area contributed by atoms with Gasteiger partial charge in [-0.3, -0.25) is 0 Å². The summed E-state index contributed by atoms with van der Waals surface area (Å²) in [5.74, 6) is 0. The average molecular weight is 193 g/mol. The van der Waals surface area contributed by atoms with Gasteiger partial charge in [-0.05, 0) is 24.3 Å². The van der Waals surface area contributed by atoms with Crippen LogP contribution in [0.2, 0.25) is 0 Å². The largest absolute Gasteiger partial charge is 0.395 e. The Morgan fingerprint density at radius 2 is 2.08 bits per heavy atom. The molecular formula is C10H11NOS. The number of nitrogens with zero attached hydrogens (tertiary/aromatic N) is 1. The van der Waals surface area contributed by atoms with Gasteiger partial charge in [0.2, 0.25) is 0 Å². The zero-order valence-electron chi connectivity index (χ0n) is 7.40. The van der Waals surface area contributed by atoms with E-state index in [-0.39, 0.29) is 11.9 Å². The van der Waals surface area contributed by atoms with Crippen LogP contribution in [0.15, 0.2) is 29.2 Å². The summed E-state index contributed by atoms with van der Waals surface area (Å²) in [7, 11) is 0. The number of rotatable bonds is 3. The van der Waals surface area contributed by atoms with Gasteiger partial charge in [-0.15, -0.1) is 11.8 Å². The summed E-state index contributed by atoms with van der Waals surface area (Å²) in [6.07, 6.45) is 0. The Balaban J connectivity index is 2.65. The lowest BCUT2D eigenvalue weighted by Gasteiger charge is -2.06. The Kier molecular flexibility index (Phi) is 3.81. The molecule has 0 spiro atoms. The van der Waals surface area contributed by atoms with Crippen LogP contribution in [-0.4, -0.2) is 17.0 Å². The predicted octanol–water partition coefficient (Wildman–Crippen LogP) is 2.03. The van der Waals surface area contributed by atoms with E-state index >= 15 is 0 Å².